The largest absolute Gasteiger partial charge is 0.493 e. The highest BCUT2D eigenvalue weighted by Crippen LogP contribution is 2.43. The Morgan fingerprint density at radius 3 is 2.46 bits per heavy atom. The maximum absolute atomic E-state index is 16.4. The zero-order chi connectivity index (χ0) is 42.6. The number of anilines is 1. The molecule has 2 fully saturated rings. The number of benzene rings is 4. The summed E-state index contributed by atoms with van der Waals surface area (Å²) in [6.07, 6.45) is 2.76. The fraction of sp³-hybridized carbons (Fsp3) is 0.333. The summed E-state index contributed by atoms with van der Waals surface area (Å²) in [5.74, 6) is -1.20. The number of rotatable bonds is 14. The van der Waals surface area contributed by atoms with Crippen LogP contribution >= 0.6 is 11.6 Å². The van der Waals surface area contributed by atoms with Gasteiger partial charge in [-0.3, -0.25) is 24.5 Å². The van der Waals surface area contributed by atoms with Crippen LogP contribution in [0.15, 0.2) is 73.1 Å². The van der Waals surface area contributed by atoms with Gasteiger partial charge < -0.3 is 29.5 Å². The summed E-state index contributed by atoms with van der Waals surface area (Å²) in [6.45, 7) is 5.81. The van der Waals surface area contributed by atoms with E-state index in [-0.39, 0.29) is 71.3 Å². The van der Waals surface area contributed by atoms with Crippen LogP contribution in [0.2, 0.25) is 5.02 Å². The zero-order valence-electron chi connectivity index (χ0n) is 33.5. The van der Waals surface area contributed by atoms with E-state index in [1.54, 1.807) is 29.2 Å². The third-order valence-corrected chi connectivity index (χ3v) is 11.6. The molecule has 0 aliphatic carbocycles. The monoisotopic (exact) mass is 851 g/mol. The van der Waals surface area contributed by atoms with Crippen LogP contribution in [-0.2, 0) is 34.1 Å². The van der Waals surface area contributed by atoms with Gasteiger partial charge in [0.05, 0.1) is 23.7 Å². The molecule has 2 N–H and O–H groups in total. The van der Waals surface area contributed by atoms with Crippen LogP contribution in [0.25, 0.3) is 22.0 Å². The highest BCUT2D eigenvalue weighted by Gasteiger charge is 2.40. The predicted molar refractivity (Wildman–Crippen MR) is 224 cm³/mol. The molecule has 16 heteroatoms. The van der Waals surface area contributed by atoms with Crippen LogP contribution < -0.4 is 25.0 Å². The summed E-state index contributed by atoms with van der Waals surface area (Å²) in [6, 6.07) is 18.4. The van der Waals surface area contributed by atoms with E-state index in [0.29, 0.717) is 81.0 Å². The smallest absolute Gasteiger partial charge is 0.255 e. The number of piperazine rings is 1. The Labute approximate surface area is 356 Å². The zero-order valence-corrected chi connectivity index (χ0v) is 34.3. The minimum absolute atomic E-state index is 0.00604. The number of carbonyl (C=O) groups excluding carboxylic acids is 4. The van der Waals surface area contributed by atoms with Gasteiger partial charge in [0, 0.05) is 67.6 Å². The second kappa shape index (κ2) is 18.2. The number of carbonyl (C=O) groups is 4. The molecular weight excluding hydrogens is 808 g/mol. The number of ether oxygens (including phenoxy) is 2. The van der Waals surface area contributed by atoms with E-state index >= 15 is 8.78 Å². The second-order valence-electron chi connectivity index (χ2n) is 15.1. The number of imide groups is 1. The molecule has 1 aromatic heterocycles. The highest BCUT2D eigenvalue weighted by molar-refractivity contribution is 6.34. The van der Waals surface area contributed by atoms with Gasteiger partial charge in [0.2, 0.25) is 17.7 Å². The van der Waals surface area contributed by atoms with Gasteiger partial charge in [-0.1, -0.05) is 54.9 Å². The van der Waals surface area contributed by atoms with Crippen LogP contribution in [0, 0.1) is 11.6 Å². The minimum atomic E-state index is -0.779. The van der Waals surface area contributed by atoms with Gasteiger partial charge in [-0.25, -0.2) is 18.7 Å². The Kier molecular flexibility index (Phi) is 12.4. The van der Waals surface area contributed by atoms with Gasteiger partial charge in [0.25, 0.3) is 5.91 Å². The SMILES string of the molecule is CCC(=O)N1CCN(c2ncnc3c(F)c(-c4c(F)cccc4OCCCNCc4ccc(COc5cccc6c5CN(C5CCC(=O)NC5=O)C6=O)cc4)c(Cl)cc23)CC1. The summed E-state index contributed by atoms with van der Waals surface area (Å²) in [4.78, 5) is 63.3. The van der Waals surface area contributed by atoms with E-state index < -0.39 is 23.6 Å². The van der Waals surface area contributed by atoms with Crippen molar-refractivity contribution in [1.29, 1.82) is 0 Å². The van der Waals surface area contributed by atoms with Crippen molar-refractivity contribution in [2.45, 2.75) is 58.3 Å². The van der Waals surface area contributed by atoms with Crippen molar-refractivity contribution in [2.75, 3.05) is 44.2 Å². The van der Waals surface area contributed by atoms with Crippen LogP contribution in [-0.4, -0.2) is 88.8 Å². The van der Waals surface area contributed by atoms with Gasteiger partial charge in [-0.2, -0.15) is 0 Å². The number of halogens is 3. The van der Waals surface area contributed by atoms with Crippen molar-refractivity contribution >= 4 is 52.0 Å². The van der Waals surface area contributed by atoms with Crippen LogP contribution in [0.3, 0.4) is 0 Å². The molecule has 4 amide bonds. The summed E-state index contributed by atoms with van der Waals surface area (Å²) in [5, 5.41) is 6.10. The molecule has 1 atom stereocenters. The summed E-state index contributed by atoms with van der Waals surface area (Å²) in [7, 11) is 0. The molecule has 8 rings (SSSR count). The summed E-state index contributed by atoms with van der Waals surface area (Å²) >= 11 is 6.72. The molecule has 61 heavy (non-hydrogen) atoms. The molecule has 0 saturated carbocycles. The molecule has 0 bridgehead atoms. The third kappa shape index (κ3) is 8.71. The first-order valence-electron chi connectivity index (χ1n) is 20.4. The molecule has 0 radical (unpaired) electrons. The number of aromatic nitrogens is 2. The molecule has 1 unspecified atom stereocenters. The number of nitrogens with one attached hydrogen (secondary N) is 2. The van der Waals surface area contributed by atoms with Gasteiger partial charge >= 0.3 is 0 Å². The van der Waals surface area contributed by atoms with E-state index in [2.05, 4.69) is 20.6 Å². The summed E-state index contributed by atoms with van der Waals surface area (Å²) in [5.41, 5.74) is 2.97. The third-order valence-electron chi connectivity index (χ3n) is 11.3. The average Bonchev–Trinajstić information content (AvgIpc) is 3.60. The summed E-state index contributed by atoms with van der Waals surface area (Å²) < 4.78 is 44.0. The Hall–Kier alpha value is -6.19. The van der Waals surface area contributed by atoms with Crippen LogP contribution in [0.1, 0.15) is 59.7 Å². The molecule has 3 aliphatic heterocycles. The second-order valence-corrected chi connectivity index (χ2v) is 15.5. The minimum Gasteiger partial charge on any atom is -0.493 e. The Morgan fingerprint density at radius 1 is 0.934 bits per heavy atom. The molecule has 13 nitrogen and oxygen atoms in total. The van der Waals surface area contributed by atoms with Crippen LogP contribution in [0.4, 0.5) is 14.6 Å². The molecule has 0 spiro atoms. The lowest BCUT2D eigenvalue weighted by Crippen LogP contribution is -2.52. The Morgan fingerprint density at radius 2 is 1.69 bits per heavy atom. The number of hydrogen-bond acceptors (Lipinski definition) is 10. The van der Waals surface area contributed by atoms with Crippen LogP contribution in [0.5, 0.6) is 11.5 Å². The van der Waals surface area contributed by atoms with E-state index in [1.807, 2.05) is 42.2 Å². The van der Waals surface area contributed by atoms with E-state index in [4.69, 9.17) is 21.1 Å². The fourth-order valence-corrected chi connectivity index (χ4v) is 8.36. The van der Waals surface area contributed by atoms with E-state index in [0.717, 1.165) is 16.7 Å². The predicted octanol–water partition coefficient (Wildman–Crippen LogP) is 6.19. The standard InChI is InChI=1S/C45H44ClF2N7O6/c1-2-38(57)53-17-19-54(20-18-53)43-30-22-32(46)39(41(48)42(30)50-26-51-43)40-33(47)7-4-9-36(40)60-21-5-16-49-23-27-10-12-28(13-11-27)25-61-35-8-3-6-29-31(35)24-55(45(29)59)34-14-15-37(56)52-44(34)58/h3-4,6-13,22,26,34,49H,2,5,14-21,23-25H2,1H3,(H,52,56,58). The van der Waals surface area contributed by atoms with Crippen molar-refractivity contribution in [1.82, 2.24) is 30.4 Å². The van der Waals surface area contributed by atoms with Crippen molar-refractivity contribution in [3.8, 4) is 22.6 Å². The van der Waals surface area contributed by atoms with Gasteiger partial charge in [0.15, 0.2) is 5.82 Å². The Bertz CT molecular complexity index is 2500. The molecule has 4 aromatic carbocycles. The first-order valence-corrected chi connectivity index (χ1v) is 20.7. The molecule has 3 aliphatic rings. The highest BCUT2D eigenvalue weighted by atomic mass is 35.5. The number of fused-ring (bicyclic) bond motifs is 2. The fourth-order valence-electron chi connectivity index (χ4n) is 8.07. The number of amides is 4. The first kappa shape index (κ1) is 41.5. The number of nitrogens with zero attached hydrogens (tertiary/aromatic N) is 5. The van der Waals surface area contributed by atoms with Gasteiger partial charge in [0.1, 0.15) is 47.6 Å². The normalized spacial score (nSPS) is 16.6. The van der Waals surface area contributed by atoms with Crippen molar-refractivity contribution in [3.05, 3.63) is 112 Å². The number of piperidine rings is 1. The molecule has 316 valence electrons. The maximum Gasteiger partial charge on any atom is 0.255 e. The van der Waals surface area contributed by atoms with E-state index in [9.17, 15) is 19.2 Å². The lowest BCUT2D eigenvalue weighted by Gasteiger charge is -2.35. The maximum atomic E-state index is 16.4. The number of hydrogen-bond donors (Lipinski definition) is 2. The lowest BCUT2D eigenvalue weighted by molar-refractivity contribution is -0.137. The van der Waals surface area contributed by atoms with E-state index in [1.165, 1.54) is 23.4 Å². The topological polar surface area (TPSA) is 146 Å². The van der Waals surface area contributed by atoms with Crippen molar-refractivity contribution in [3.63, 3.8) is 0 Å². The van der Waals surface area contributed by atoms with Gasteiger partial charge in [-0.15, -0.1) is 0 Å². The molecular formula is C45H44ClF2N7O6. The quantitative estimate of drug-likeness (QED) is 0.0981. The van der Waals surface area contributed by atoms with Gasteiger partial charge in [-0.05, 0) is 60.8 Å². The first-order chi connectivity index (χ1) is 29.6. The van der Waals surface area contributed by atoms with Crippen molar-refractivity contribution in [2.24, 2.45) is 0 Å². The Balaban J connectivity index is 0.835. The average molecular weight is 852 g/mol. The molecule has 5 aromatic rings. The lowest BCUT2D eigenvalue weighted by atomic mass is 10.0. The van der Waals surface area contributed by atoms with Crippen molar-refractivity contribution < 1.29 is 37.4 Å². The molecule has 2 saturated heterocycles. The molecule has 4 heterocycles.